The number of thiazole rings is 2. The number of benzene rings is 3. The molecular formula is C23H15ClN4O3S3. The molecule has 5 rings (SSSR count). The van der Waals surface area contributed by atoms with E-state index in [-0.39, 0.29) is 16.1 Å². The van der Waals surface area contributed by atoms with Crippen molar-refractivity contribution in [3.8, 4) is 10.7 Å². The molecule has 1 amide bonds. The summed E-state index contributed by atoms with van der Waals surface area (Å²) in [5.74, 6) is -0.486. The van der Waals surface area contributed by atoms with E-state index in [0.29, 0.717) is 15.8 Å². The van der Waals surface area contributed by atoms with Gasteiger partial charge in [-0.1, -0.05) is 35.9 Å². The molecule has 0 aliphatic carbocycles. The number of nitrogens with zero attached hydrogens (tertiary/aromatic N) is 2. The summed E-state index contributed by atoms with van der Waals surface area (Å²) < 4.78 is 29.1. The van der Waals surface area contributed by atoms with Gasteiger partial charge in [0.05, 0.1) is 26.4 Å². The first-order valence-electron chi connectivity index (χ1n) is 9.89. The van der Waals surface area contributed by atoms with Crippen LogP contribution in [0.4, 0.5) is 10.8 Å². The van der Waals surface area contributed by atoms with Crippen LogP contribution in [0.2, 0.25) is 5.02 Å². The number of hydrogen-bond acceptors (Lipinski definition) is 7. The number of fused-ring (bicyclic) bond motifs is 1. The molecule has 2 heterocycles. The van der Waals surface area contributed by atoms with Gasteiger partial charge in [0.15, 0.2) is 5.13 Å². The van der Waals surface area contributed by atoms with Gasteiger partial charge in [0.2, 0.25) is 0 Å². The van der Waals surface area contributed by atoms with Crippen molar-refractivity contribution in [1.29, 1.82) is 0 Å². The molecule has 34 heavy (non-hydrogen) atoms. The molecular weight excluding hydrogens is 512 g/mol. The van der Waals surface area contributed by atoms with Crippen LogP contribution >= 0.6 is 34.3 Å². The molecule has 11 heteroatoms. The van der Waals surface area contributed by atoms with Gasteiger partial charge in [0.1, 0.15) is 10.7 Å². The van der Waals surface area contributed by atoms with Gasteiger partial charge in [-0.15, -0.1) is 22.7 Å². The number of aromatic nitrogens is 2. The standard InChI is InChI=1S/C23H15ClN4O3S3/c24-14-9-11-15(12-10-14)34(30,31)28-17-6-2-1-5-16(17)21(29)27-23-26-19(13-32-23)22-25-18-7-3-4-8-20(18)33-22/h1-13,28H,(H,26,27,29). The minimum atomic E-state index is -3.91. The van der Waals surface area contributed by atoms with Gasteiger partial charge < -0.3 is 0 Å². The molecule has 2 aromatic heterocycles. The van der Waals surface area contributed by atoms with Crippen molar-refractivity contribution >= 4 is 71.2 Å². The van der Waals surface area contributed by atoms with Crippen LogP contribution in [-0.4, -0.2) is 24.3 Å². The van der Waals surface area contributed by atoms with Crippen LogP contribution in [0, 0.1) is 0 Å². The Morgan fingerprint density at radius 2 is 1.65 bits per heavy atom. The van der Waals surface area contributed by atoms with Crippen LogP contribution in [0.25, 0.3) is 20.9 Å². The fourth-order valence-electron chi connectivity index (χ4n) is 3.16. The average molecular weight is 527 g/mol. The summed E-state index contributed by atoms with van der Waals surface area (Å²) >= 11 is 8.64. The third-order valence-corrected chi connectivity index (χ3v) is 8.23. The second-order valence-corrected chi connectivity index (χ2v) is 11.1. The number of para-hydroxylation sites is 2. The summed E-state index contributed by atoms with van der Waals surface area (Å²) in [7, 11) is -3.91. The summed E-state index contributed by atoms with van der Waals surface area (Å²) in [6.07, 6.45) is 0. The highest BCUT2D eigenvalue weighted by Crippen LogP contribution is 2.32. The van der Waals surface area contributed by atoms with Crippen LogP contribution in [0.1, 0.15) is 10.4 Å². The van der Waals surface area contributed by atoms with Gasteiger partial charge in [-0.2, -0.15) is 0 Å². The molecule has 2 N–H and O–H groups in total. The molecule has 0 aliphatic heterocycles. The number of sulfonamides is 1. The highest BCUT2D eigenvalue weighted by atomic mass is 35.5. The number of nitrogens with one attached hydrogen (secondary N) is 2. The summed E-state index contributed by atoms with van der Waals surface area (Å²) in [4.78, 5) is 22.1. The van der Waals surface area contributed by atoms with E-state index in [1.165, 1.54) is 59.1 Å². The molecule has 170 valence electrons. The molecule has 0 unspecified atom stereocenters. The van der Waals surface area contributed by atoms with E-state index in [0.717, 1.165) is 15.2 Å². The first-order chi connectivity index (χ1) is 16.4. The molecule has 0 aliphatic rings. The van der Waals surface area contributed by atoms with Crippen LogP contribution in [0.15, 0.2) is 83.1 Å². The molecule has 0 radical (unpaired) electrons. The van der Waals surface area contributed by atoms with E-state index >= 15 is 0 Å². The predicted octanol–water partition coefficient (Wildman–Crippen LogP) is 6.13. The maximum Gasteiger partial charge on any atom is 0.261 e. The molecule has 7 nitrogen and oxygen atoms in total. The van der Waals surface area contributed by atoms with Crippen molar-refractivity contribution < 1.29 is 13.2 Å². The fraction of sp³-hybridized carbons (Fsp3) is 0. The van der Waals surface area contributed by atoms with Crippen LogP contribution < -0.4 is 10.0 Å². The number of amides is 1. The molecule has 0 saturated heterocycles. The monoisotopic (exact) mass is 526 g/mol. The first kappa shape index (κ1) is 22.5. The zero-order valence-corrected chi connectivity index (χ0v) is 20.4. The average Bonchev–Trinajstić information content (AvgIpc) is 3.46. The maximum atomic E-state index is 13.0. The van der Waals surface area contributed by atoms with E-state index in [9.17, 15) is 13.2 Å². The third kappa shape index (κ3) is 4.66. The molecule has 0 saturated carbocycles. The maximum absolute atomic E-state index is 13.0. The summed E-state index contributed by atoms with van der Waals surface area (Å²) in [6.45, 7) is 0. The largest absolute Gasteiger partial charge is 0.298 e. The van der Waals surface area contributed by atoms with Gasteiger partial charge in [0.25, 0.3) is 15.9 Å². The third-order valence-electron chi connectivity index (χ3n) is 4.78. The lowest BCUT2D eigenvalue weighted by molar-refractivity contribution is 0.102. The number of halogens is 1. The Bertz CT molecular complexity index is 1580. The van der Waals surface area contributed by atoms with E-state index in [4.69, 9.17) is 11.6 Å². The van der Waals surface area contributed by atoms with Gasteiger partial charge in [-0.3, -0.25) is 14.8 Å². The van der Waals surface area contributed by atoms with Crippen molar-refractivity contribution in [1.82, 2.24) is 9.97 Å². The Morgan fingerprint density at radius 1 is 0.912 bits per heavy atom. The minimum Gasteiger partial charge on any atom is -0.298 e. The SMILES string of the molecule is O=C(Nc1nc(-c2nc3ccccc3s2)cs1)c1ccccc1NS(=O)(=O)c1ccc(Cl)cc1. The zero-order chi connectivity index (χ0) is 23.7. The van der Waals surface area contributed by atoms with Crippen LogP contribution in [-0.2, 0) is 10.0 Å². The Morgan fingerprint density at radius 3 is 2.44 bits per heavy atom. The fourth-order valence-corrected chi connectivity index (χ4v) is 6.06. The Kier molecular flexibility index (Phi) is 6.05. The molecule has 3 aromatic carbocycles. The van der Waals surface area contributed by atoms with Crippen molar-refractivity contribution in [2.24, 2.45) is 0 Å². The lowest BCUT2D eigenvalue weighted by Crippen LogP contribution is -2.18. The van der Waals surface area contributed by atoms with E-state index < -0.39 is 15.9 Å². The van der Waals surface area contributed by atoms with E-state index in [1.807, 2.05) is 29.6 Å². The first-order valence-corrected chi connectivity index (χ1v) is 13.4. The number of rotatable bonds is 6. The van der Waals surface area contributed by atoms with Crippen molar-refractivity contribution in [2.75, 3.05) is 10.0 Å². The normalized spacial score (nSPS) is 11.4. The number of carbonyl (C=O) groups is 1. The smallest absolute Gasteiger partial charge is 0.261 e. The summed E-state index contributed by atoms with van der Waals surface area (Å²) in [5, 5.41) is 6.14. The zero-order valence-electron chi connectivity index (χ0n) is 17.2. The number of hydrogen-bond donors (Lipinski definition) is 2. The highest BCUT2D eigenvalue weighted by Gasteiger charge is 2.20. The predicted molar refractivity (Wildman–Crippen MR) is 137 cm³/mol. The Labute approximate surface area is 208 Å². The van der Waals surface area contributed by atoms with E-state index in [2.05, 4.69) is 20.0 Å². The van der Waals surface area contributed by atoms with Gasteiger partial charge in [-0.05, 0) is 48.5 Å². The van der Waals surface area contributed by atoms with Gasteiger partial charge in [-0.25, -0.2) is 18.4 Å². The van der Waals surface area contributed by atoms with Gasteiger partial charge >= 0.3 is 0 Å². The Hall–Kier alpha value is -3.31. The Balaban J connectivity index is 1.36. The molecule has 0 bridgehead atoms. The lowest BCUT2D eigenvalue weighted by Gasteiger charge is -2.12. The number of anilines is 2. The van der Waals surface area contributed by atoms with Crippen molar-refractivity contribution in [2.45, 2.75) is 4.90 Å². The molecule has 0 fully saturated rings. The molecule has 0 atom stereocenters. The quantitative estimate of drug-likeness (QED) is 0.277. The van der Waals surface area contributed by atoms with E-state index in [1.54, 1.807) is 12.1 Å². The van der Waals surface area contributed by atoms with Crippen molar-refractivity contribution in [3.63, 3.8) is 0 Å². The minimum absolute atomic E-state index is 0.0347. The second-order valence-electron chi connectivity index (χ2n) is 7.08. The second kappa shape index (κ2) is 9.15. The number of carbonyl (C=O) groups excluding carboxylic acids is 1. The highest BCUT2D eigenvalue weighted by molar-refractivity contribution is 7.92. The summed E-state index contributed by atoms with van der Waals surface area (Å²) in [5.41, 5.74) is 1.87. The molecule has 0 spiro atoms. The lowest BCUT2D eigenvalue weighted by atomic mass is 10.2. The van der Waals surface area contributed by atoms with Crippen LogP contribution in [0.5, 0.6) is 0 Å². The molecule has 5 aromatic rings. The van der Waals surface area contributed by atoms with Crippen LogP contribution in [0.3, 0.4) is 0 Å². The van der Waals surface area contributed by atoms with Gasteiger partial charge in [0, 0.05) is 10.4 Å². The topological polar surface area (TPSA) is 101 Å². The van der Waals surface area contributed by atoms with Crippen molar-refractivity contribution in [3.05, 3.63) is 88.8 Å². The summed E-state index contributed by atoms with van der Waals surface area (Å²) in [6, 6.07) is 19.9.